The van der Waals surface area contributed by atoms with Crippen molar-refractivity contribution in [1.29, 1.82) is 0 Å². The van der Waals surface area contributed by atoms with Crippen LogP contribution in [0.15, 0.2) is 55.1 Å². The number of halogens is 4. The highest BCUT2D eigenvalue weighted by atomic mass is 35.5. The van der Waals surface area contributed by atoms with Crippen molar-refractivity contribution in [3.8, 4) is 11.1 Å². The number of aromatic nitrogens is 4. The number of nitrogens with zero attached hydrogens (tertiary/aromatic N) is 4. The first-order valence-electron chi connectivity index (χ1n) is 8.00. The molecular formula is C19H12ClF3N4. The molecule has 4 nitrogen and oxygen atoms in total. The molecule has 3 aromatic heterocycles. The van der Waals surface area contributed by atoms with E-state index in [-0.39, 0.29) is 0 Å². The zero-order valence-corrected chi connectivity index (χ0v) is 14.5. The summed E-state index contributed by atoms with van der Waals surface area (Å²) >= 11 is 5.97. The van der Waals surface area contributed by atoms with Gasteiger partial charge < -0.3 is 0 Å². The number of hydrogen-bond donors (Lipinski definition) is 0. The Hall–Kier alpha value is -2.93. The van der Waals surface area contributed by atoms with Gasteiger partial charge in [-0.3, -0.25) is 14.6 Å². The van der Waals surface area contributed by atoms with Gasteiger partial charge in [0, 0.05) is 24.2 Å². The molecule has 0 bridgehead atoms. The minimum absolute atomic E-state index is 0.424. The Morgan fingerprint density at radius 2 is 1.85 bits per heavy atom. The highest BCUT2D eigenvalue weighted by Crippen LogP contribution is 2.29. The average Bonchev–Trinajstić information content (AvgIpc) is 3.04. The molecule has 0 aliphatic carbocycles. The van der Waals surface area contributed by atoms with E-state index in [1.165, 1.54) is 6.07 Å². The predicted molar refractivity (Wildman–Crippen MR) is 96.2 cm³/mol. The average molecular weight is 389 g/mol. The molecule has 0 fully saturated rings. The molecule has 1 aromatic carbocycles. The van der Waals surface area contributed by atoms with Crippen LogP contribution in [0, 0.1) is 5.82 Å². The lowest BCUT2D eigenvalue weighted by Crippen LogP contribution is -2.02. The second kappa shape index (κ2) is 7.00. The second-order valence-corrected chi connectivity index (χ2v) is 6.42. The van der Waals surface area contributed by atoms with Gasteiger partial charge in [-0.2, -0.15) is 5.10 Å². The van der Waals surface area contributed by atoms with Crippen LogP contribution in [0.25, 0.3) is 22.2 Å². The number of alkyl halides is 2. The van der Waals surface area contributed by atoms with Gasteiger partial charge in [-0.05, 0) is 35.4 Å². The summed E-state index contributed by atoms with van der Waals surface area (Å²) in [6.07, 6.45) is 3.51. The Kier molecular flexibility index (Phi) is 4.53. The number of benzene rings is 1. The third-order valence-corrected chi connectivity index (χ3v) is 4.36. The van der Waals surface area contributed by atoms with Gasteiger partial charge in [-0.15, -0.1) is 0 Å². The molecule has 0 N–H and O–H groups in total. The summed E-state index contributed by atoms with van der Waals surface area (Å²) in [7, 11) is 0. The maximum absolute atomic E-state index is 13.6. The van der Waals surface area contributed by atoms with Gasteiger partial charge in [0.1, 0.15) is 11.3 Å². The molecule has 27 heavy (non-hydrogen) atoms. The highest BCUT2D eigenvalue weighted by Gasteiger charge is 2.15. The molecule has 136 valence electrons. The molecule has 3 heterocycles. The van der Waals surface area contributed by atoms with Gasteiger partial charge in [0.25, 0.3) is 6.43 Å². The Morgan fingerprint density at radius 3 is 2.63 bits per heavy atom. The number of pyridine rings is 2. The standard InChI is InChI=1S/C19H12ClF3N4/c20-14-3-11(6-24-8-14)10-27-18-5-13(7-25-17(18)9-26-27)12-1-2-16(21)15(4-12)19(22)23/h1-9,19H,10H2. The number of rotatable bonds is 4. The summed E-state index contributed by atoms with van der Waals surface area (Å²) in [4.78, 5) is 8.38. The third kappa shape index (κ3) is 3.50. The second-order valence-electron chi connectivity index (χ2n) is 5.98. The highest BCUT2D eigenvalue weighted by molar-refractivity contribution is 6.30. The van der Waals surface area contributed by atoms with Crippen LogP contribution in [0.1, 0.15) is 17.6 Å². The Bertz CT molecular complexity index is 1130. The molecule has 0 amide bonds. The smallest absolute Gasteiger partial charge is 0.263 e. The fourth-order valence-electron chi connectivity index (χ4n) is 2.85. The summed E-state index contributed by atoms with van der Waals surface area (Å²) in [5.41, 5.74) is 2.65. The van der Waals surface area contributed by atoms with Gasteiger partial charge in [-0.1, -0.05) is 17.7 Å². The van der Waals surface area contributed by atoms with Crippen LogP contribution in [-0.2, 0) is 6.54 Å². The SMILES string of the molecule is Fc1ccc(-c2cnc3cnn(Cc4cncc(Cl)c4)c3c2)cc1C(F)F. The van der Waals surface area contributed by atoms with Crippen LogP contribution in [0.2, 0.25) is 5.02 Å². The first-order chi connectivity index (χ1) is 13.0. The van der Waals surface area contributed by atoms with Crippen molar-refractivity contribution in [3.05, 3.63) is 77.1 Å². The molecule has 4 rings (SSSR count). The molecule has 4 aromatic rings. The Labute approximate surface area is 157 Å². The molecule has 0 aliphatic heterocycles. The van der Waals surface area contributed by atoms with E-state index in [1.54, 1.807) is 41.6 Å². The molecule has 0 radical (unpaired) electrons. The van der Waals surface area contributed by atoms with Crippen LogP contribution in [0.5, 0.6) is 0 Å². The fraction of sp³-hybridized carbons (Fsp3) is 0.105. The van der Waals surface area contributed by atoms with Gasteiger partial charge in [-0.25, -0.2) is 13.2 Å². The normalized spacial score (nSPS) is 11.4. The van der Waals surface area contributed by atoms with E-state index < -0.39 is 17.8 Å². The summed E-state index contributed by atoms with van der Waals surface area (Å²) in [5, 5.41) is 4.84. The molecule has 0 saturated heterocycles. The first-order valence-corrected chi connectivity index (χ1v) is 8.38. The zero-order chi connectivity index (χ0) is 19.0. The minimum atomic E-state index is -2.89. The molecule has 0 spiro atoms. The largest absolute Gasteiger partial charge is 0.266 e. The predicted octanol–water partition coefficient (Wildman–Crippen LogP) is 5.27. The summed E-state index contributed by atoms with van der Waals surface area (Å²) in [5.74, 6) is -0.929. The van der Waals surface area contributed by atoms with Gasteiger partial charge >= 0.3 is 0 Å². The molecule has 0 aliphatic rings. The molecular weight excluding hydrogens is 377 g/mol. The van der Waals surface area contributed by atoms with E-state index in [9.17, 15) is 13.2 Å². The van der Waals surface area contributed by atoms with Crippen LogP contribution >= 0.6 is 11.6 Å². The van der Waals surface area contributed by atoms with E-state index in [4.69, 9.17) is 11.6 Å². The van der Waals surface area contributed by atoms with E-state index in [2.05, 4.69) is 15.1 Å². The van der Waals surface area contributed by atoms with Crippen molar-refractivity contribution in [1.82, 2.24) is 19.7 Å². The Balaban J connectivity index is 1.75. The lowest BCUT2D eigenvalue weighted by atomic mass is 10.0. The van der Waals surface area contributed by atoms with Gasteiger partial charge in [0.05, 0.1) is 28.8 Å². The van der Waals surface area contributed by atoms with E-state index >= 15 is 0 Å². The Morgan fingerprint density at radius 1 is 1.00 bits per heavy atom. The maximum Gasteiger partial charge on any atom is 0.266 e. The number of fused-ring (bicyclic) bond motifs is 1. The zero-order valence-electron chi connectivity index (χ0n) is 13.8. The topological polar surface area (TPSA) is 43.6 Å². The summed E-state index contributed by atoms with van der Waals surface area (Å²) < 4.78 is 41.2. The van der Waals surface area contributed by atoms with Crippen LogP contribution < -0.4 is 0 Å². The summed E-state index contributed by atoms with van der Waals surface area (Å²) in [6, 6.07) is 7.20. The van der Waals surface area contributed by atoms with Crippen molar-refractivity contribution in [2.75, 3.05) is 0 Å². The molecule has 8 heteroatoms. The van der Waals surface area contributed by atoms with Crippen LogP contribution in [0.4, 0.5) is 13.2 Å². The lowest BCUT2D eigenvalue weighted by Gasteiger charge is -2.08. The maximum atomic E-state index is 13.6. The van der Waals surface area contributed by atoms with E-state index in [0.29, 0.717) is 28.2 Å². The minimum Gasteiger partial charge on any atom is -0.263 e. The fourth-order valence-corrected chi connectivity index (χ4v) is 3.04. The van der Waals surface area contributed by atoms with E-state index in [0.717, 1.165) is 23.2 Å². The van der Waals surface area contributed by atoms with Crippen molar-refractivity contribution in [3.63, 3.8) is 0 Å². The van der Waals surface area contributed by atoms with Crippen LogP contribution in [-0.4, -0.2) is 19.7 Å². The summed E-state index contributed by atoms with van der Waals surface area (Å²) in [6.45, 7) is 0.424. The van der Waals surface area contributed by atoms with Crippen molar-refractivity contribution in [2.24, 2.45) is 0 Å². The van der Waals surface area contributed by atoms with Gasteiger partial charge in [0.2, 0.25) is 0 Å². The lowest BCUT2D eigenvalue weighted by molar-refractivity contribution is 0.146. The van der Waals surface area contributed by atoms with E-state index in [1.807, 2.05) is 0 Å². The quantitative estimate of drug-likeness (QED) is 0.478. The van der Waals surface area contributed by atoms with Crippen molar-refractivity contribution < 1.29 is 13.2 Å². The first kappa shape index (κ1) is 17.5. The molecule has 0 atom stereocenters. The molecule has 0 unspecified atom stereocenters. The van der Waals surface area contributed by atoms with Crippen molar-refractivity contribution >= 4 is 22.6 Å². The van der Waals surface area contributed by atoms with Crippen molar-refractivity contribution in [2.45, 2.75) is 13.0 Å². The van der Waals surface area contributed by atoms with Gasteiger partial charge in [0.15, 0.2) is 0 Å². The molecule has 0 saturated carbocycles. The third-order valence-electron chi connectivity index (χ3n) is 4.15. The monoisotopic (exact) mass is 388 g/mol. The van der Waals surface area contributed by atoms with Crippen LogP contribution in [0.3, 0.4) is 0 Å². The number of hydrogen-bond acceptors (Lipinski definition) is 3.